The molecule has 1 aliphatic rings. The van der Waals surface area contributed by atoms with Crippen LogP contribution in [0.5, 0.6) is 0 Å². The highest BCUT2D eigenvalue weighted by Crippen LogP contribution is 2.37. The molecule has 0 radical (unpaired) electrons. The Hall–Kier alpha value is -1.24. The van der Waals surface area contributed by atoms with Gasteiger partial charge in [-0.05, 0) is 58.4 Å². The average molecular weight is 319 g/mol. The molecule has 0 atom stereocenters. The summed E-state index contributed by atoms with van der Waals surface area (Å²) in [7, 11) is -0.462. The highest BCUT2D eigenvalue weighted by molar-refractivity contribution is 7.14. The third-order valence-electron chi connectivity index (χ3n) is 4.44. The summed E-state index contributed by atoms with van der Waals surface area (Å²) in [4.78, 5) is 4.63. The first-order chi connectivity index (χ1) is 10.2. The minimum atomic E-state index is -0.462. The van der Waals surface area contributed by atoms with Crippen LogP contribution in [0.25, 0.3) is 10.6 Å². The first-order valence-electron chi connectivity index (χ1n) is 7.27. The molecule has 2 aromatic rings. The first-order valence-corrected chi connectivity index (χ1v) is 8.15. The van der Waals surface area contributed by atoms with Crippen LogP contribution in [0.2, 0.25) is 0 Å². The summed E-state index contributed by atoms with van der Waals surface area (Å²) in [5.74, 6) is -0.232. The fraction of sp³-hybridized carbons (Fsp3) is 0.438. The van der Waals surface area contributed by atoms with E-state index in [1.807, 2.05) is 40.0 Å². The zero-order chi connectivity index (χ0) is 16.1. The van der Waals surface area contributed by atoms with Crippen LogP contribution in [0.15, 0.2) is 23.6 Å². The molecule has 1 aromatic heterocycles. The normalized spacial score (nSPS) is 19.6. The molecule has 0 aliphatic carbocycles. The number of benzene rings is 1. The second kappa shape index (κ2) is 5.15. The van der Waals surface area contributed by atoms with Gasteiger partial charge in [-0.15, -0.1) is 11.3 Å². The van der Waals surface area contributed by atoms with Gasteiger partial charge in [-0.2, -0.15) is 0 Å². The van der Waals surface area contributed by atoms with Crippen molar-refractivity contribution in [3.63, 3.8) is 0 Å². The molecule has 1 aromatic carbocycles. The van der Waals surface area contributed by atoms with Gasteiger partial charge in [0.15, 0.2) is 0 Å². The fourth-order valence-electron chi connectivity index (χ4n) is 2.35. The van der Waals surface area contributed by atoms with Crippen LogP contribution >= 0.6 is 11.3 Å². The summed E-state index contributed by atoms with van der Waals surface area (Å²) in [5, 5.41) is 2.79. The van der Waals surface area contributed by atoms with Crippen LogP contribution in [0.3, 0.4) is 0 Å². The highest BCUT2D eigenvalue weighted by Gasteiger charge is 2.52. The van der Waals surface area contributed by atoms with Gasteiger partial charge >= 0.3 is 7.12 Å². The Labute approximate surface area is 134 Å². The van der Waals surface area contributed by atoms with Crippen LogP contribution in [0.1, 0.15) is 33.3 Å². The van der Waals surface area contributed by atoms with Crippen molar-refractivity contribution in [3.05, 3.63) is 35.0 Å². The first kappa shape index (κ1) is 15.7. The number of hydrogen-bond acceptors (Lipinski definition) is 4. The van der Waals surface area contributed by atoms with E-state index >= 15 is 0 Å². The standard InChI is InChI=1S/C16H19BFNO2S/c1-10-8-11(18)6-7-12(10)14-19-13(9-22-14)17-20-15(2,3)16(4,5)21-17/h6-9H,1-5H3. The molecule has 2 heterocycles. The predicted molar refractivity (Wildman–Crippen MR) is 88.0 cm³/mol. The van der Waals surface area contributed by atoms with Crippen molar-refractivity contribution in [1.82, 2.24) is 4.98 Å². The molecule has 3 nitrogen and oxygen atoms in total. The largest absolute Gasteiger partial charge is 0.515 e. The van der Waals surface area contributed by atoms with Crippen molar-refractivity contribution in [2.75, 3.05) is 0 Å². The average Bonchev–Trinajstić information content (AvgIpc) is 2.93. The Morgan fingerprint density at radius 3 is 2.36 bits per heavy atom. The second-order valence-corrected chi connectivity index (χ2v) is 7.48. The minimum Gasteiger partial charge on any atom is -0.398 e. The fourth-order valence-corrected chi connectivity index (χ4v) is 3.26. The van der Waals surface area contributed by atoms with E-state index < -0.39 is 7.12 Å². The Morgan fingerprint density at radius 2 is 1.77 bits per heavy atom. The lowest BCUT2D eigenvalue weighted by atomic mass is 9.86. The van der Waals surface area contributed by atoms with Gasteiger partial charge in [-0.3, -0.25) is 0 Å². The molecule has 1 fully saturated rings. The summed E-state index contributed by atoms with van der Waals surface area (Å²) in [6.45, 7) is 9.96. The number of hydrogen-bond donors (Lipinski definition) is 0. The lowest BCUT2D eigenvalue weighted by molar-refractivity contribution is 0.00578. The van der Waals surface area contributed by atoms with E-state index in [2.05, 4.69) is 4.98 Å². The maximum atomic E-state index is 13.2. The lowest BCUT2D eigenvalue weighted by Gasteiger charge is -2.32. The Bertz CT molecular complexity index is 698. The van der Waals surface area contributed by atoms with Crippen molar-refractivity contribution < 1.29 is 13.7 Å². The van der Waals surface area contributed by atoms with Gasteiger partial charge in [0.2, 0.25) is 0 Å². The highest BCUT2D eigenvalue weighted by atomic mass is 32.1. The number of nitrogens with zero attached hydrogens (tertiary/aromatic N) is 1. The van der Waals surface area contributed by atoms with Crippen molar-refractivity contribution in [1.29, 1.82) is 0 Å². The Balaban J connectivity index is 1.89. The molecule has 0 unspecified atom stereocenters. The minimum absolute atomic E-state index is 0.232. The molecule has 116 valence electrons. The number of aryl methyl sites for hydroxylation is 1. The SMILES string of the molecule is Cc1cc(F)ccc1-c1nc(B2OC(C)(C)C(C)(C)O2)cs1. The van der Waals surface area contributed by atoms with E-state index in [9.17, 15) is 4.39 Å². The van der Waals surface area contributed by atoms with Crippen molar-refractivity contribution in [2.45, 2.75) is 45.8 Å². The molecule has 1 aliphatic heterocycles. The van der Waals surface area contributed by atoms with Gasteiger partial charge in [-0.25, -0.2) is 9.37 Å². The quantitative estimate of drug-likeness (QED) is 0.793. The van der Waals surface area contributed by atoms with Gasteiger partial charge < -0.3 is 9.31 Å². The molecule has 0 bridgehead atoms. The molecule has 1 saturated heterocycles. The summed E-state index contributed by atoms with van der Waals surface area (Å²) in [6, 6.07) is 4.74. The molecule has 0 spiro atoms. The third kappa shape index (κ3) is 2.60. The Kier molecular flexibility index (Phi) is 3.66. The lowest BCUT2D eigenvalue weighted by Crippen LogP contribution is -2.41. The van der Waals surface area contributed by atoms with Gasteiger partial charge in [-0.1, -0.05) is 0 Å². The maximum absolute atomic E-state index is 13.2. The zero-order valence-corrected chi connectivity index (χ0v) is 14.3. The van der Waals surface area contributed by atoms with Crippen LogP contribution in [0, 0.1) is 12.7 Å². The number of aromatic nitrogens is 1. The maximum Gasteiger partial charge on any atom is 0.515 e. The molecule has 0 amide bonds. The Morgan fingerprint density at radius 1 is 1.14 bits per heavy atom. The molecular formula is C16H19BFNO2S. The zero-order valence-electron chi connectivity index (χ0n) is 13.4. The van der Waals surface area contributed by atoms with Gasteiger partial charge in [0, 0.05) is 10.9 Å². The summed E-state index contributed by atoms with van der Waals surface area (Å²) < 4.78 is 25.2. The molecule has 6 heteroatoms. The van der Waals surface area contributed by atoms with Crippen LogP contribution < -0.4 is 5.59 Å². The third-order valence-corrected chi connectivity index (χ3v) is 5.33. The molecule has 22 heavy (non-hydrogen) atoms. The topological polar surface area (TPSA) is 31.4 Å². The predicted octanol–water partition coefficient (Wildman–Crippen LogP) is 3.56. The summed E-state index contributed by atoms with van der Waals surface area (Å²) in [6.07, 6.45) is 0. The second-order valence-electron chi connectivity index (χ2n) is 6.63. The van der Waals surface area contributed by atoms with E-state index in [4.69, 9.17) is 9.31 Å². The summed E-state index contributed by atoms with van der Waals surface area (Å²) in [5.41, 5.74) is 1.81. The van der Waals surface area contributed by atoms with Gasteiger partial charge in [0.05, 0.1) is 16.8 Å². The van der Waals surface area contributed by atoms with E-state index in [-0.39, 0.29) is 17.0 Å². The monoisotopic (exact) mass is 319 g/mol. The van der Waals surface area contributed by atoms with Crippen molar-refractivity contribution >= 4 is 24.0 Å². The summed E-state index contributed by atoms with van der Waals surface area (Å²) >= 11 is 1.52. The van der Waals surface area contributed by atoms with Crippen LogP contribution in [0.4, 0.5) is 4.39 Å². The van der Waals surface area contributed by atoms with E-state index in [0.717, 1.165) is 21.7 Å². The van der Waals surface area contributed by atoms with Crippen LogP contribution in [-0.2, 0) is 9.31 Å². The van der Waals surface area contributed by atoms with Crippen LogP contribution in [-0.4, -0.2) is 23.3 Å². The molecule has 0 N–H and O–H groups in total. The number of halogens is 1. The van der Waals surface area contributed by atoms with Gasteiger partial charge in [0.25, 0.3) is 0 Å². The van der Waals surface area contributed by atoms with E-state index in [1.165, 1.54) is 23.5 Å². The molecule has 0 saturated carbocycles. The number of thiazole rings is 1. The van der Waals surface area contributed by atoms with Gasteiger partial charge in [0.1, 0.15) is 10.8 Å². The van der Waals surface area contributed by atoms with E-state index in [0.29, 0.717) is 0 Å². The molecule has 3 rings (SSSR count). The van der Waals surface area contributed by atoms with Crippen molar-refractivity contribution in [2.24, 2.45) is 0 Å². The smallest absolute Gasteiger partial charge is 0.398 e. The number of rotatable bonds is 2. The molecular weight excluding hydrogens is 300 g/mol. The van der Waals surface area contributed by atoms with E-state index in [1.54, 1.807) is 6.07 Å². The van der Waals surface area contributed by atoms with Crippen molar-refractivity contribution in [3.8, 4) is 10.6 Å².